The smallest absolute Gasteiger partial charge is 0.315 e. The molecule has 3 rings (SSSR count). The number of hydrogen-bond donors (Lipinski definition) is 2. The third-order valence-electron chi connectivity index (χ3n) is 4.32. The van der Waals surface area contributed by atoms with Gasteiger partial charge < -0.3 is 20.1 Å². The van der Waals surface area contributed by atoms with Gasteiger partial charge >= 0.3 is 6.03 Å². The number of rotatable bonds is 5. The third kappa shape index (κ3) is 5.92. The van der Waals surface area contributed by atoms with Gasteiger partial charge in [0.05, 0.1) is 5.60 Å². The molecule has 1 unspecified atom stereocenters. The van der Waals surface area contributed by atoms with Crippen LogP contribution in [0, 0.1) is 5.82 Å². The molecule has 1 saturated heterocycles. The number of carbonyl (C=O) groups is 1. The predicted octanol–water partition coefficient (Wildman–Crippen LogP) is 3.77. The molecule has 6 nitrogen and oxygen atoms in total. The van der Waals surface area contributed by atoms with Crippen molar-refractivity contribution in [3.05, 3.63) is 54.0 Å². The Hall–Kier alpha value is -2.67. The van der Waals surface area contributed by atoms with E-state index in [9.17, 15) is 9.18 Å². The van der Waals surface area contributed by atoms with Crippen molar-refractivity contribution in [2.45, 2.75) is 44.9 Å². The fourth-order valence-corrected chi connectivity index (χ4v) is 2.97. The summed E-state index contributed by atoms with van der Waals surface area (Å²) in [4.78, 5) is 16.3. The number of nitrogens with one attached hydrogen (secondary N) is 2. The van der Waals surface area contributed by atoms with Gasteiger partial charge in [0, 0.05) is 31.5 Å². The van der Waals surface area contributed by atoms with Gasteiger partial charge in [-0.1, -0.05) is 6.07 Å². The number of carbonyl (C=O) groups excluding carboxylic acids is 1. The Labute approximate surface area is 158 Å². The first-order valence-corrected chi connectivity index (χ1v) is 8.96. The second-order valence-corrected chi connectivity index (χ2v) is 7.19. The maximum atomic E-state index is 12.9. The summed E-state index contributed by atoms with van der Waals surface area (Å²) in [5.74, 6) is 0.590. The molecule has 0 spiro atoms. The maximum absolute atomic E-state index is 12.9. The van der Waals surface area contributed by atoms with Crippen molar-refractivity contribution in [2.24, 2.45) is 0 Å². The van der Waals surface area contributed by atoms with Crippen LogP contribution >= 0.6 is 0 Å². The lowest BCUT2D eigenvalue weighted by Gasteiger charge is -2.35. The molecule has 1 atom stereocenters. The van der Waals surface area contributed by atoms with Gasteiger partial charge in [0.2, 0.25) is 5.88 Å². The van der Waals surface area contributed by atoms with E-state index in [0.717, 1.165) is 18.4 Å². The van der Waals surface area contributed by atoms with Crippen LogP contribution in [0.3, 0.4) is 0 Å². The van der Waals surface area contributed by atoms with E-state index in [1.165, 1.54) is 24.3 Å². The van der Waals surface area contributed by atoms with Gasteiger partial charge in [0.25, 0.3) is 0 Å². The highest BCUT2D eigenvalue weighted by atomic mass is 19.1. The fourth-order valence-electron chi connectivity index (χ4n) is 2.97. The summed E-state index contributed by atoms with van der Waals surface area (Å²) in [5.41, 5.74) is 0.643. The summed E-state index contributed by atoms with van der Waals surface area (Å²) in [6, 6.07) is 9.16. The molecule has 2 aromatic rings. The van der Waals surface area contributed by atoms with Crippen molar-refractivity contribution in [1.29, 1.82) is 0 Å². The lowest BCUT2D eigenvalue weighted by atomic mass is 9.94. The van der Waals surface area contributed by atoms with E-state index in [1.54, 1.807) is 12.3 Å². The summed E-state index contributed by atoms with van der Waals surface area (Å²) < 4.78 is 24.1. The normalized spacial score (nSPS) is 18.6. The van der Waals surface area contributed by atoms with Crippen LogP contribution in [0.2, 0.25) is 0 Å². The summed E-state index contributed by atoms with van der Waals surface area (Å²) in [5, 5.41) is 5.82. The number of urea groups is 1. The number of hydrogen-bond acceptors (Lipinski definition) is 4. The molecule has 1 aromatic carbocycles. The molecule has 0 radical (unpaired) electrons. The number of amides is 2. The lowest BCUT2D eigenvalue weighted by Crippen LogP contribution is -2.48. The molecule has 2 heterocycles. The number of nitrogens with zero attached hydrogens (tertiary/aromatic N) is 1. The SMILES string of the molecule is CC1(C)CC(NC(=O)NCc2ccc(Oc3ccc(F)cc3)nc2)CCO1. The minimum Gasteiger partial charge on any atom is -0.439 e. The average Bonchev–Trinajstić information content (AvgIpc) is 2.62. The van der Waals surface area contributed by atoms with Gasteiger partial charge in [0.15, 0.2) is 0 Å². The second-order valence-electron chi connectivity index (χ2n) is 7.19. The van der Waals surface area contributed by atoms with E-state index in [1.807, 2.05) is 19.9 Å². The van der Waals surface area contributed by atoms with Crippen LogP contribution in [0.1, 0.15) is 32.3 Å². The Morgan fingerprint density at radius 2 is 2.07 bits per heavy atom. The van der Waals surface area contributed by atoms with E-state index in [2.05, 4.69) is 15.6 Å². The van der Waals surface area contributed by atoms with Crippen LogP contribution in [0.4, 0.5) is 9.18 Å². The van der Waals surface area contributed by atoms with Crippen LogP contribution < -0.4 is 15.4 Å². The second kappa shape index (κ2) is 8.35. The Balaban J connectivity index is 1.45. The summed E-state index contributed by atoms with van der Waals surface area (Å²) >= 11 is 0. The average molecular weight is 373 g/mol. The molecule has 144 valence electrons. The summed E-state index contributed by atoms with van der Waals surface area (Å²) in [7, 11) is 0. The van der Waals surface area contributed by atoms with Crippen LogP contribution in [0.5, 0.6) is 11.6 Å². The predicted molar refractivity (Wildman–Crippen MR) is 99.1 cm³/mol. The van der Waals surface area contributed by atoms with Crippen molar-refractivity contribution in [3.8, 4) is 11.6 Å². The number of pyridine rings is 1. The molecule has 0 aliphatic carbocycles. The van der Waals surface area contributed by atoms with E-state index >= 15 is 0 Å². The van der Waals surface area contributed by atoms with Crippen molar-refractivity contribution < 1.29 is 18.7 Å². The minimum absolute atomic E-state index is 0.110. The Morgan fingerprint density at radius 1 is 1.30 bits per heavy atom. The van der Waals surface area contributed by atoms with E-state index in [0.29, 0.717) is 24.8 Å². The zero-order valence-corrected chi connectivity index (χ0v) is 15.5. The molecule has 1 fully saturated rings. The number of ether oxygens (including phenoxy) is 2. The lowest BCUT2D eigenvalue weighted by molar-refractivity contribution is -0.0611. The zero-order valence-electron chi connectivity index (χ0n) is 15.5. The van der Waals surface area contributed by atoms with Crippen molar-refractivity contribution in [3.63, 3.8) is 0 Å². The molecule has 2 amide bonds. The minimum atomic E-state index is -0.320. The van der Waals surface area contributed by atoms with Crippen LogP contribution in [0.15, 0.2) is 42.6 Å². The zero-order chi connectivity index (χ0) is 19.3. The van der Waals surface area contributed by atoms with Crippen LogP contribution in [0.25, 0.3) is 0 Å². The van der Waals surface area contributed by atoms with Gasteiger partial charge in [-0.15, -0.1) is 0 Å². The highest BCUT2D eigenvalue weighted by Crippen LogP contribution is 2.24. The van der Waals surface area contributed by atoms with Gasteiger partial charge in [-0.2, -0.15) is 0 Å². The number of aromatic nitrogens is 1. The highest BCUT2D eigenvalue weighted by molar-refractivity contribution is 5.74. The van der Waals surface area contributed by atoms with Crippen LogP contribution in [-0.4, -0.2) is 29.3 Å². The third-order valence-corrected chi connectivity index (χ3v) is 4.32. The Morgan fingerprint density at radius 3 is 2.74 bits per heavy atom. The molecular formula is C20H24FN3O3. The summed E-state index contributed by atoms with van der Waals surface area (Å²) in [6.07, 6.45) is 3.24. The first-order valence-electron chi connectivity index (χ1n) is 8.96. The molecule has 1 aromatic heterocycles. The molecule has 2 N–H and O–H groups in total. The fraction of sp³-hybridized carbons (Fsp3) is 0.400. The van der Waals surface area contributed by atoms with Crippen molar-refractivity contribution in [2.75, 3.05) is 6.61 Å². The summed E-state index contributed by atoms with van der Waals surface area (Å²) in [6.45, 7) is 5.07. The monoisotopic (exact) mass is 373 g/mol. The molecular weight excluding hydrogens is 349 g/mol. The largest absolute Gasteiger partial charge is 0.439 e. The van der Waals surface area contributed by atoms with Gasteiger partial charge in [-0.25, -0.2) is 14.2 Å². The Kier molecular flexibility index (Phi) is 5.91. The molecule has 0 saturated carbocycles. The molecule has 0 bridgehead atoms. The molecule has 1 aliphatic rings. The van der Waals surface area contributed by atoms with Gasteiger partial charge in [0.1, 0.15) is 11.6 Å². The Bertz CT molecular complexity index is 763. The van der Waals surface area contributed by atoms with Gasteiger partial charge in [-0.3, -0.25) is 0 Å². The van der Waals surface area contributed by atoms with Crippen LogP contribution in [-0.2, 0) is 11.3 Å². The van der Waals surface area contributed by atoms with E-state index in [4.69, 9.17) is 9.47 Å². The molecule has 27 heavy (non-hydrogen) atoms. The standard InChI is InChI=1S/C20H24FN3O3/c1-20(2)11-16(9-10-26-20)24-19(25)23-13-14-3-8-18(22-12-14)27-17-6-4-15(21)5-7-17/h3-8,12,16H,9-11,13H2,1-2H3,(H2,23,24,25). The molecule has 7 heteroatoms. The topological polar surface area (TPSA) is 72.5 Å². The van der Waals surface area contributed by atoms with E-state index in [-0.39, 0.29) is 23.5 Å². The van der Waals surface area contributed by atoms with Crippen molar-refractivity contribution in [1.82, 2.24) is 15.6 Å². The molecule has 1 aliphatic heterocycles. The first kappa shape index (κ1) is 19.1. The van der Waals surface area contributed by atoms with Crippen molar-refractivity contribution >= 4 is 6.03 Å². The maximum Gasteiger partial charge on any atom is 0.315 e. The number of benzene rings is 1. The quantitative estimate of drug-likeness (QED) is 0.837. The first-order chi connectivity index (χ1) is 12.9. The number of halogens is 1. The van der Waals surface area contributed by atoms with E-state index < -0.39 is 0 Å². The highest BCUT2D eigenvalue weighted by Gasteiger charge is 2.29. The van der Waals surface area contributed by atoms with Gasteiger partial charge in [-0.05, 0) is 56.5 Å².